The van der Waals surface area contributed by atoms with Crippen LogP contribution in [0.4, 0.5) is 17.6 Å². The second-order valence-electron chi connectivity index (χ2n) is 7.43. The Kier molecular flexibility index (Phi) is 5.80. The Bertz CT molecular complexity index is 1210. The van der Waals surface area contributed by atoms with E-state index in [-0.39, 0.29) is 29.0 Å². The van der Waals surface area contributed by atoms with E-state index in [4.69, 9.17) is 11.6 Å². The number of carbonyl (C=O) groups excluding carboxylic acids is 1. The SMILES string of the molecule is O=C(Cn1nc(-c2cnn(CC(F)(F)F)c2)n(C2CC2)c1=O)NCc1ccc(Cl)c(F)c1. The Balaban J connectivity index is 1.50. The van der Waals surface area contributed by atoms with E-state index in [2.05, 4.69) is 15.5 Å². The molecule has 4 rings (SSSR count). The first-order valence-corrected chi connectivity index (χ1v) is 9.98. The van der Waals surface area contributed by atoms with Gasteiger partial charge in [-0.15, -0.1) is 5.10 Å². The highest BCUT2D eigenvalue weighted by atomic mass is 35.5. The van der Waals surface area contributed by atoms with E-state index in [0.29, 0.717) is 10.2 Å². The van der Waals surface area contributed by atoms with Crippen molar-refractivity contribution in [2.24, 2.45) is 0 Å². The van der Waals surface area contributed by atoms with Crippen molar-refractivity contribution >= 4 is 17.5 Å². The standard InChI is InChI=1S/C19H17ClF4N6O2/c20-14-4-1-11(5-15(14)21)6-25-16(31)9-29-18(32)30(13-2-3-13)17(27-29)12-7-26-28(8-12)10-19(22,23)24/h1,4-5,7-8,13H,2-3,6,9-10H2,(H,25,31). The molecule has 1 amide bonds. The van der Waals surface area contributed by atoms with Gasteiger partial charge in [0.05, 0.1) is 16.8 Å². The molecular weight excluding hydrogens is 456 g/mol. The Morgan fingerprint density at radius 2 is 2.03 bits per heavy atom. The van der Waals surface area contributed by atoms with Crippen molar-refractivity contribution in [1.29, 1.82) is 0 Å². The topological polar surface area (TPSA) is 86.7 Å². The highest BCUT2D eigenvalue weighted by Gasteiger charge is 2.32. The van der Waals surface area contributed by atoms with Gasteiger partial charge in [-0.25, -0.2) is 13.9 Å². The third kappa shape index (κ3) is 5.01. The quantitative estimate of drug-likeness (QED) is 0.536. The first kappa shape index (κ1) is 22.1. The number of carbonyl (C=O) groups is 1. The summed E-state index contributed by atoms with van der Waals surface area (Å²) < 4.78 is 54.4. The van der Waals surface area contributed by atoms with Crippen LogP contribution in [-0.2, 0) is 24.4 Å². The van der Waals surface area contributed by atoms with Gasteiger partial charge in [0.15, 0.2) is 5.82 Å². The van der Waals surface area contributed by atoms with Crippen LogP contribution in [0.5, 0.6) is 0 Å². The minimum atomic E-state index is -4.44. The highest BCUT2D eigenvalue weighted by molar-refractivity contribution is 6.30. The minimum absolute atomic E-state index is 0.0159. The summed E-state index contributed by atoms with van der Waals surface area (Å²) in [5, 5.41) is 10.4. The zero-order valence-electron chi connectivity index (χ0n) is 16.4. The molecule has 2 aromatic heterocycles. The Labute approximate surface area is 183 Å². The van der Waals surface area contributed by atoms with Gasteiger partial charge in [-0.05, 0) is 30.5 Å². The molecule has 13 heteroatoms. The average molecular weight is 473 g/mol. The molecule has 1 N–H and O–H groups in total. The van der Waals surface area contributed by atoms with Crippen LogP contribution in [0.1, 0.15) is 24.4 Å². The van der Waals surface area contributed by atoms with Gasteiger partial charge in [-0.1, -0.05) is 17.7 Å². The van der Waals surface area contributed by atoms with Crippen LogP contribution in [0.2, 0.25) is 5.02 Å². The number of benzene rings is 1. The lowest BCUT2D eigenvalue weighted by Crippen LogP contribution is -2.33. The van der Waals surface area contributed by atoms with Crippen molar-refractivity contribution in [3.63, 3.8) is 0 Å². The van der Waals surface area contributed by atoms with Gasteiger partial charge in [0.25, 0.3) is 0 Å². The summed E-state index contributed by atoms with van der Waals surface area (Å²) in [4.78, 5) is 25.1. The molecule has 0 spiro atoms. The van der Waals surface area contributed by atoms with E-state index >= 15 is 0 Å². The number of nitrogens with zero attached hydrogens (tertiary/aromatic N) is 5. The number of hydrogen-bond acceptors (Lipinski definition) is 4. The van der Waals surface area contributed by atoms with Crippen LogP contribution in [0.15, 0.2) is 35.4 Å². The molecule has 1 aliphatic carbocycles. The summed E-state index contributed by atoms with van der Waals surface area (Å²) in [6, 6.07) is 3.98. The number of aromatic nitrogens is 5. The summed E-state index contributed by atoms with van der Waals surface area (Å²) in [6.07, 6.45) is -0.628. The zero-order valence-corrected chi connectivity index (χ0v) is 17.2. The van der Waals surface area contributed by atoms with Gasteiger partial charge in [0.2, 0.25) is 5.91 Å². The zero-order chi connectivity index (χ0) is 23.0. The minimum Gasteiger partial charge on any atom is -0.350 e. The number of amides is 1. The third-order valence-electron chi connectivity index (χ3n) is 4.78. The van der Waals surface area contributed by atoms with Gasteiger partial charge in [0, 0.05) is 18.8 Å². The number of nitrogens with one attached hydrogen (secondary N) is 1. The highest BCUT2D eigenvalue weighted by Crippen LogP contribution is 2.36. The molecule has 170 valence electrons. The summed E-state index contributed by atoms with van der Waals surface area (Å²) in [5.74, 6) is -1.01. The molecule has 0 radical (unpaired) electrons. The second kappa shape index (κ2) is 8.41. The molecule has 3 aromatic rings. The molecule has 0 unspecified atom stereocenters. The van der Waals surface area contributed by atoms with Crippen LogP contribution in [0, 0.1) is 5.82 Å². The summed E-state index contributed by atoms with van der Waals surface area (Å²) in [5.41, 5.74) is 0.182. The Morgan fingerprint density at radius 3 is 2.69 bits per heavy atom. The molecule has 1 aliphatic rings. The monoisotopic (exact) mass is 472 g/mol. The van der Waals surface area contributed by atoms with Crippen molar-refractivity contribution < 1.29 is 22.4 Å². The predicted octanol–water partition coefficient (Wildman–Crippen LogP) is 2.91. The maximum atomic E-state index is 13.5. The predicted molar refractivity (Wildman–Crippen MR) is 105 cm³/mol. The van der Waals surface area contributed by atoms with E-state index in [1.807, 2.05) is 0 Å². The van der Waals surface area contributed by atoms with Crippen molar-refractivity contribution in [3.05, 3.63) is 57.5 Å². The van der Waals surface area contributed by atoms with Crippen molar-refractivity contribution in [2.75, 3.05) is 0 Å². The van der Waals surface area contributed by atoms with Gasteiger partial charge < -0.3 is 5.32 Å². The first-order chi connectivity index (χ1) is 15.1. The van der Waals surface area contributed by atoms with Gasteiger partial charge in [-0.3, -0.25) is 14.0 Å². The molecule has 0 bridgehead atoms. The molecule has 0 atom stereocenters. The fraction of sp³-hybridized carbons (Fsp3) is 0.368. The van der Waals surface area contributed by atoms with Crippen molar-refractivity contribution in [2.45, 2.75) is 44.7 Å². The van der Waals surface area contributed by atoms with E-state index in [0.717, 1.165) is 23.7 Å². The Hall–Kier alpha value is -3.15. The molecule has 8 nitrogen and oxygen atoms in total. The largest absolute Gasteiger partial charge is 0.408 e. The first-order valence-electron chi connectivity index (χ1n) is 9.60. The third-order valence-corrected chi connectivity index (χ3v) is 5.09. The van der Waals surface area contributed by atoms with Crippen molar-refractivity contribution in [3.8, 4) is 11.4 Å². The van der Waals surface area contributed by atoms with Crippen LogP contribution in [-0.4, -0.2) is 36.2 Å². The fourth-order valence-corrected chi connectivity index (χ4v) is 3.29. The summed E-state index contributed by atoms with van der Waals surface area (Å²) in [6.45, 7) is -1.66. The van der Waals surface area contributed by atoms with Crippen LogP contribution in [0.25, 0.3) is 11.4 Å². The molecule has 1 saturated carbocycles. The fourth-order valence-electron chi connectivity index (χ4n) is 3.17. The van der Waals surface area contributed by atoms with E-state index in [9.17, 15) is 27.2 Å². The number of rotatable bonds is 7. The second-order valence-corrected chi connectivity index (χ2v) is 7.84. The summed E-state index contributed by atoms with van der Waals surface area (Å²) in [7, 11) is 0. The lowest BCUT2D eigenvalue weighted by Gasteiger charge is -2.05. The van der Waals surface area contributed by atoms with E-state index in [1.165, 1.54) is 22.9 Å². The van der Waals surface area contributed by atoms with Gasteiger partial charge in [0.1, 0.15) is 18.9 Å². The lowest BCUT2D eigenvalue weighted by atomic mass is 10.2. The molecule has 32 heavy (non-hydrogen) atoms. The molecule has 0 aliphatic heterocycles. The maximum Gasteiger partial charge on any atom is 0.408 e. The smallest absolute Gasteiger partial charge is 0.350 e. The van der Waals surface area contributed by atoms with E-state index < -0.39 is 36.7 Å². The lowest BCUT2D eigenvalue weighted by molar-refractivity contribution is -0.142. The van der Waals surface area contributed by atoms with E-state index in [1.54, 1.807) is 6.07 Å². The van der Waals surface area contributed by atoms with Gasteiger partial charge in [-0.2, -0.15) is 18.3 Å². The number of alkyl halides is 3. The molecule has 1 fully saturated rings. The normalized spacial score (nSPS) is 14.0. The average Bonchev–Trinajstić information content (AvgIpc) is 3.36. The van der Waals surface area contributed by atoms with Crippen LogP contribution < -0.4 is 11.0 Å². The number of halogens is 5. The molecular formula is C19H17ClF4N6O2. The molecule has 2 heterocycles. The van der Waals surface area contributed by atoms with Gasteiger partial charge >= 0.3 is 11.9 Å². The van der Waals surface area contributed by atoms with Crippen molar-refractivity contribution in [1.82, 2.24) is 29.4 Å². The summed E-state index contributed by atoms with van der Waals surface area (Å²) >= 11 is 5.63. The number of hydrogen-bond donors (Lipinski definition) is 1. The van der Waals surface area contributed by atoms with Crippen LogP contribution in [0.3, 0.4) is 0 Å². The molecule has 1 aromatic carbocycles. The maximum absolute atomic E-state index is 13.5. The Morgan fingerprint density at radius 1 is 1.28 bits per heavy atom. The van der Waals surface area contributed by atoms with Crippen LogP contribution >= 0.6 is 11.6 Å². The molecule has 0 saturated heterocycles.